The monoisotopic (exact) mass is 368 g/mol. The van der Waals surface area contributed by atoms with Gasteiger partial charge in [-0.1, -0.05) is 48.0 Å². The Morgan fingerprint density at radius 1 is 1.07 bits per heavy atom. The van der Waals surface area contributed by atoms with Crippen molar-refractivity contribution < 1.29 is 0 Å². The lowest BCUT2D eigenvalue weighted by molar-refractivity contribution is 1.01. The number of hydrogen-bond acceptors (Lipinski definition) is 4. The number of aromatic nitrogens is 2. The van der Waals surface area contributed by atoms with E-state index in [-0.39, 0.29) is 0 Å². The van der Waals surface area contributed by atoms with E-state index in [0.717, 1.165) is 27.9 Å². The van der Waals surface area contributed by atoms with Crippen molar-refractivity contribution in [3.05, 3.63) is 82.8 Å². The molecule has 5 heteroatoms. The number of aryl methyl sites for hydroxylation is 1. The summed E-state index contributed by atoms with van der Waals surface area (Å²) in [7, 11) is 0. The molecule has 0 bridgehead atoms. The van der Waals surface area contributed by atoms with E-state index >= 15 is 0 Å². The Hall–Kier alpha value is -3.49. The number of nitrogen functional groups attached to an aromatic ring is 1. The normalized spacial score (nSPS) is 10.7. The lowest BCUT2D eigenvalue weighted by atomic mass is 9.96. The van der Waals surface area contributed by atoms with Gasteiger partial charge in [-0.15, -0.1) is 0 Å². The molecule has 0 aliphatic heterocycles. The minimum absolute atomic E-state index is 0.414. The predicted octanol–water partition coefficient (Wildman–Crippen LogP) is 5.18. The van der Waals surface area contributed by atoms with Gasteiger partial charge in [-0.05, 0) is 42.9 Å². The van der Waals surface area contributed by atoms with Gasteiger partial charge in [-0.2, -0.15) is 5.26 Å². The van der Waals surface area contributed by atoms with Crippen molar-refractivity contribution in [3.8, 4) is 22.9 Å². The summed E-state index contributed by atoms with van der Waals surface area (Å²) in [5, 5.41) is 10.4. The van der Waals surface area contributed by atoms with Gasteiger partial charge in [0.2, 0.25) is 4.77 Å². The summed E-state index contributed by atoms with van der Waals surface area (Å²) >= 11 is 5.50. The van der Waals surface area contributed by atoms with E-state index in [1.165, 1.54) is 0 Å². The van der Waals surface area contributed by atoms with Crippen molar-refractivity contribution in [2.75, 3.05) is 5.73 Å². The molecular weight excluding hydrogens is 352 g/mol. The molecule has 0 radical (unpaired) electrons. The number of hydrogen-bond donors (Lipinski definition) is 1. The molecule has 0 spiro atoms. The zero-order valence-electron chi connectivity index (χ0n) is 14.7. The summed E-state index contributed by atoms with van der Waals surface area (Å²) in [6.07, 6.45) is 1.65. The van der Waals surface area contributed by atoms with E-state index in [1.807, 2.05) is 72.2 Å². The molecule has 130 valence electrons. The predicted molar refractivity (Wildman–Crippen MR) is 111 cm³/mol. The average molecular weight is 368 g/mol. The smallest absolute Gasteiger partial charge is 0.204 e. The number of nitrogens with two attached hydrogens (primary N) is 1. The summed E-state index contributed by atoms with van der Waals surface area (Å²) < 4.78 is 2.34. The second-order valence-corrected chi connectivity index (χ2v) is 6.70. The molecule has 0 saturated heterocycles. The zero-order valence-corrected chi connectivity index (χ0v) is 15.5. The number of rotatable bonds is 2. The van der Waals surface area contributed by atoms with Crippen molar-refractivity contribution in [1.82, 2.24) is 9.55 Å². The maximum Gasteiger partial charge on any atom is 0.204 e. The third kappa shape index (κ3) is 2.86. The molecule has 1 aromatic heterocycles. The van der Waals surface area contributed by atoms with Crippen molar-refractivity contribution in [3.63, 3.8) is 0 Å². The lowest BCUT2D eigenvalue weighted by Crippen LogP contribution is -2.05. The van der Waals surface area contributed by atoms with E-state index in [9.17, 15) is 5.26 Å². The Bertz CT molecular complexity index is 1250. The maximum atomic E-state index is 9.71. The summed E-state index contributed by atoms with van der Waals surface area (Å²) in [6, 6.07) is 22.0. The van der Waals surface area contributed by atoms with Crippen LogP contribution in [0.5, 0.6) is 0 Å². The van der Waals surface area contributed by atoms with E-state index in [4.69, 9.17) is 18.0 Å². The van der Waals surface area contributed by atoms with Gasteiger partial charge in [0.05, 0.1) is 16.8 Å². The minimum Gasteiger partial charge on any atom is -0.397 e. The quantitative estimate of drug-likeness (QED) is 0.391. The Morgan fingerprint density at radius 3 is 2.44 bits per heavy atom. The molecule has 0 aliphatic rings. The van der Waals surface area contributed by atoms with E-state index in [1.54, 1.807) is 6.20 Å². The molecule has 0 amide bonds. The van der Waals surface area contributed by atoms with Crippen LogP contribution in [-0.2, 0) is 0 Å². The minimum atomic E-state index is 0.414. The van der Waals surface area contributed by atoms with Gasteiger partial charge in [0.25, 0.3) is 0 Å². The highest BCUT2D eigenvalue weighted by atomic mass is 32.1. The van der Waals surface area contributed by atoms with E-state index in [2.05, 4.69) is 11.1 Å². The Kier molecular flexibility index (Phi) is 4.19. The molecule has 4 rings (SSSR count). The SMILES string of the molecule is Cc1ccc(-n2c(=S)ncc3c(N)c(C#N)c(-c4ccccc4)cc32)cc1. The molecule has 4 aromatic rings. The summed E-state index contributed by atoms with van der Waals surface area (Å²) in [5.74, 6) is 0. The second kappa shape index (κ2) is 6.67. The number of nitrogens with zero attached hydrogens (tertiary/aromatic N) is 3. The van der Waals surface area contributed by atoms with Crippen LogP contribution < -0.4 is 5.73 Å². The lowest BCUT2D eigenvalue weighted by Gasteiger charge is -2.16. The van der Waals surface area contributed by atoms with E-state index < -0.39 is 0 Å². The van der Waals surface area contributed by atoms with Crippen molar-refractivity contribution in [2.24, 2.45) is 0 Å². The highest BCUT2D eigenvalue weighted by molar-refractivity contribution is 7.71. The Morgan fingerprint density at radius 2 is 1.78 bits per heavy atom. The molecular formula is C22H16N4S. The third-order valence-electron chi connectivity index (χ3n) is 4.61. The number of nitriles is 1. The molecule has 0 unspecified atom stereocenters. The first kappa shape index (κ1) is 17.0. The maximum absolute atomic E-state index is 9.71. The molecule has 0 fully saturated rings. The number of anilines is 1. The van der Waals surface area contributed by atoms with Crippen LogP contribution in [0, 0.1) is 23.0 Å². The van der Waals surface area contributed by atoms with Gasteiger partial charge in [0.15, 0.2) is 0 Å². The number of benzene rings is 3. The van der Waals surface area contributed by atoms with Gasteiger partial charge >= 0.3 is 0 Å². The summed E-state index contributed by atoms with van der Waals surface area (Å²) in [5.41, 5.74) is 11.9. The fourth-order valence-electron chi connectivity index (χ4n) is 3.21. The number of fused-ring (bicyclic) bond motifs is 1. The van der Waals surface area contributed by atoms with Crippen LogP contribution in [0.15, 0.2) is 66.9 Å². The fourth-order valence-corrected chi connectivity index (χ4v) is 3.47. The van der Waals surface area contributed by atoms with Gasteiger partial charge in [-0.25, -0.2) is 4.98 Å². The third-order valence-corrected chi connectivity index (χ3v) is 4.90. The Labute approximate surface area is 162 Å². The molecule has 0 atom stereocenters. The van der Waals surface area contributed by atoms with Crippen LogP contribution in [0.4, 0.5) is 5.69 Å². The zero-order chi connectivity index (χ0) is 19.0. The van der Waals surface area contributed by atoms with Crippen LogP contribution in [0.3, 0.4) is 0 Å². The average Bonchev–Trinajstić information content (AvgIpc) is 2.69. The van der Waals surface area contributed by atoms with Crippen LogP contribution in [0.25, 0.3) is 27.7 Å². The van der Waals surface area contributed by atoms with Gasteiger partial charge in [0.1, 0.15) is 6.07 Å². The van der Waals surface area contributed by atoms with Gasteiger partial charge < -0.3 is 5.73 Å². The first-order valence-electron chi connectivity index (χ1n) is 8.47. The fraction of sp³-hybridized carbons (Fsp3) is 0.0455. The van der Waals surface area contributed by atoms with Crippen LogP contribution in [0.1, 0.15) is 11.1 Å². The van der Waals surface area contributed by atoms with Crippen LogP contribution in [-0.4, -0.2) is 9.55 Å². The standard InChI is InChI=1S/C22H16N4S/c1-14-7-9-16(10-8-14)26-20-11-17(15-5-3-2-4-6-15)18(12-23)21(24)19(20)13-25-22(26)27/h2-11,13H,24H2,1H3. The highest BCUT2D eigenvalue weighted by Gasteiger charge is 2.16. The van der Waals surface area contributed by atoms with Crippen LogP contribution in [0.2, 0.25) is 0 Å². The molecule has 4 nitrogen and oxygen atoms in total. The topological polar surface area (TPSA) is 67.6 Å². The molecule has 1 heterocycles. The van der Waals surface area contributed by atoms with Crippen molar-refractivity contribution in [1.29, 1.82) is 5.26 Å². The molecule has 0 aliphatic carbocycles. The molecule has 3 aromatic carbocycles. The first-order valence-corrected chi connectivity index (χ1v) is 8.88. The molecule has 0 saturated carbocycles. The Balaban J connectivity index is 2.13. The summed E-state index contributed by atoms with van der Waals surface area (Å²) in [4.78, 5) is 4.33. The molecule has 2 N–H and O–H groups in total. The van der Waals surface area contributed by atoms with Gasteiger partial charge in [-0.3, -0.25) is 4.57 Å². The second-order valence-electron chi connectivity index (χ2n) is 6.34. The molecule has 27 heavy (non-hydrogen) atoms. The summed E-state index contributed by atoms with van der Waals surface area (Å²) in [6.45, 7) is 2.04. The van der Waals surface area contributed by atoms with Crippen LogP contribution >= 0.6 is 12.2 Å². The van der Waals surface area contributed by atoms with E-state index in [0.29, 0.717) is 21.4 Å². The van der Waals surface area contributed by atoms with Crippen molar-refractivity contribution >= 4 is 28.8 Å². The van der Waals surface area contributed by atoms with Gasteiger partial charge in [0, 0.05) is 22.8 Å². The first-order chi connectivity index (χ1) is 13.1. The highest BCUT2D eigenvalue weighted by Crippen LogP contribution is 2.34. The largest absolute Gasteiger partial charge is 0.397 e. The van der Waals surface area contributed by atoms with Crippen molar-refractivity contribution in [2.45, 2.75) is 6.92 Å².